The maximum Gasteiger partial charge on any atom is 0.188 e. The monoisotopic (exact) mass is 220 g/mol. The van der Waals surface area contributed by atoms with Gasteiger partial charge in [-0.15, -0.1) is 0 Å². The van der Waals surface area contributed by atoms with Gasteiger partial charge in [0.2, 0.25) is 0 Å². The summed E-state index contributed by atoms with van der Waals surface area (Å²) in [6.45, 7) is 6.81. The Labute approximate surface area is 97.0 Å². The summed E-state index contributed by atoms with van der Waals surface area (Å²) in [5.74, 6) is 0.489. The van der Waals surface area contributed by atoms with Gasteiger partial charge in [0.05, 0.1) is 0 Å². The molecule has 0 unspecified atom stereocenters. The number of nitrogens with two attached hydrogens (primary N) is 1. The average molecular weight is 220 g/mol. The third kappa shape index (κ3) is 5.34. The fourth-order valence-electron chi connectivity index (χ4n) is 1.26. The van der Waals surface area contributed by atoms with Gasteiger partial charge in [-0.25, -0.2) is 0 Å². The van der Waals surface area contributed by atoms with Crippen LogP contribution in [0.3, 0.4) is 0 Å². The molecule has 0 fully saturated rings. The molecule has 0 aliphatic rings. The Morgan fingerprint density at radius 2 is 2.19 bits per heavy atom. The van der Waals surface area contributed by atoms with Gasteiger partial charge in [0, 0.05) is 30.4 Å². The lowest BCUT2D eigenvalue weighted by atomic mass is 10.1. The first-order valence-electron chi connectivity index (χ1n) is 5.45. The quantitative estimate of drug-likeness (QED) is 0.596. The maximum absolute atomic E-state index is 5.74. The van der Waals surface area contributed by atoms with Gasteiger partial charge < -0.3 is 11.1 Å². The number of rotatable bonds is 3. The van der Waals surface area contributed by atoms with Gasteiger partial charge in [0.1, 0.15) is 0 Å². The van der Waals surface area contributed by atoms with E-state index in [1.807, 2.05) is 39.0 Å². The zero-order chi connectivity index (χ0) is 12.0. The highest BCUT2D eigenvalue weighted by Gasteiger charge is 2.09. The molecule has 3 N–H and O–H groups in total. The summed E-state index contributed by atoms with van der Waals surface area (Å²) in [5, 5.41) is 3.11. The van der Waals surface area contributed by atoms with Crippen molar-refractivity contribution in [3.8, 4) is 0 Å². The SMILES string of the molecule is CC(C)(C)NC(N)=NCCc1ccccn1. The second-order valence-electron chi connectivity index (χ2n) is 4.71. The molecular weight excluding hydrogens is 200 g/mol. The Hall–Kier alpha value is -1.58. The van der Waals surface area contributed by atoms with E-state index in [0.717, 1.165) is 12.1 Å². The van der Waals surface area contributed by atoms with E-state index < -0.39 is 0 Å². The van der Waals surface area contributed by atoms with Gasteiger partial charge in [0.25, 0.3) is 0 Å². The number of nitrogens with one attached hydrogen (secondary N) is 1. The minimum Gasteiger partial charge on any atom is -0.370 e. The summed E-state index contributed by atoms with van der Waals surface area (Å²) in [4.78, 5) is 8.47. The van der Waals surface area contributed by atoms with Crippen molar-refractivity contribution in [2.45, 2.75) is 32.7 Å². The molecule has 0 aliphatic carbocycles. The molecule has 0 spiro atoms. The van der Waals surface area contributed by atoms with Crippen LogP contribution in [0.1, 0.15) is 26.5 Å². The summed E-state index contributed by atoms with van der Waals surface area (Å²) in [7, 11) is 0. The summed E-state index contributed by atoms with van der Waals surface area (Å²) < 4.78 is 0. The Kier molecular flexibility index (Phi) is 4.28. The Balaban J connectivity index is 2.37. The van der Waals surface area contributed by atoms with Crippen LogP contribution in [0, 0.1) is 0 Å². The van der Waals surface area contributed by atoms with Crippen LogP contribution in [0.25, 0.3) is 0 Å². The zero-order valence-electron chi connectivity index (χ0n) is 10.2. The molecule has 1 aromatic rings. The van der Waals surface area contributed by atoms with Gasteiger partial charge in [0.15, 0.2) is 5.96 Å². The lowest BCUT2D eigenvalue weighted by Gasteiger charge is -2.20. The predicted molar refractivity (Wildman–Crippen MR) is 67.3 cm³/mol. The standard InChI is InChI=1S/C12H20N4/c1-12(2,3)16-11(13)15-9-7-10-6-4-5-8-14-10/h4-6,8H,7,9H2,1-3H3,(H3,13,15,16). The van der Waals surface area contributed by atoms with E-state index in [0.29, 0.717) is 12.5 Å². The van der Waals surface area contributed by atoms with Gasteiger partial charge in [-0.05, 0) is 32.9 Å². The van der Waals surface area contributed by atoms with E-state index in [1.165, 1.54) is 0 Å². The largest absolute Gasteiger partial charge is 0.370 e. The van der Waals surface area contributed by atoms with Gasteiger partial charge >= 0.3 is 0 Å². The van der Waals surface area contributed by atoms with Crippen molar-refractivity contribution in [2.24, 2.45) is 10.7 Å². The first-order chi connectivity index (χ1) is 7.47. The molecular formula is C12H20N4. The molecule has 0 bridgehead atoms. The molecule has 16 heavy (non-hydrogen) atoms. The lowest BCUT2D eigenvalue weighted by Crippen LogP contribution is -2.45. The molecule has 1 aromatic heterocycles. The van der Waals surface area contributed by atoms with Crippen LogP contribution in [-0.2, 0) is 6.42 Å². The van der Waals surface area contributed by atoms with E-state index >= 15 is 0 Å². The van der Waals surface area contributed by atoms with Gasteiger partial charge in [-0.2, -0.15) is 0 Å². The first-order valence-corrected chi connectivity index (χ1v) is 5.45. The molecule has 0 aliphatic heterocycles. The highest BCUT2D eigenvalue weighted by molar-refractivity contribution is 5.78. The topological polar surface area (TPSA) is 63.3 Å². The minimum atomic E-state index is -0.0431. The van der Waals surface area contributed by atoms with Crippen molar-refractivity contribution in [3.05, 3.63) is 30.1 Å². The van der Waals surface area contributed by atoms with Crippen molar-refractivity contribution >= 4 is 5.96 Å². The second-order valence-corrected chi connectivity index (χ2v) is 4.71. The van der Waals surface area contributed by atoms with Gasteiger partial charge in [-0.3, -0.25) is 9.98 Å². The Bertz CT molecular complexity index is 338. The van der Waals surface area contributed by atoms with Crippen LogP contribution in [-0.4, -0.2) is 23.0 Å². The van der Waals surface area contributed by atoms with E-state index in [-0.39, 0.29) is 5.54 Å². The summed E-state index contributed by atoms with van der Waals surface area (Å²) in [6.07, 6.45) is 2.60. The number of aromatic nitrogens is 1. The summed E-state index contributed by atoms with van der Waals surface area (Å²) in [6, 6.07) is 5.87. The number of hydrogen-bond acceptors (Lipinski definition) is 2. The van der Waals surface area contributed by atoms with Crippen molar-refractivity contribution in [1.29, 1.82) is 0 Å². The van der Waals surface area contributed by atoms with Crippen molar-refractivity contribution in [3.63, 3.8) is 0 Å². The van der Waals surface area contributed by atoms with Crippen LogP contribution in [0.5, 0.6) is 0 Å². The predicted octanol–water partition coefficient (Wildman–Crippen LogP) is 1.33. The van der Waals surface area contributed by atoms with E-state index in [4.69, 9.17) is 5.73 Å². The van der Waals surface area contributed by atoms with Crippen molar-refractivity contribution < 1.29 is 0 Å². The molecule has 1 rings (SSSR count). The third-order valence-electron chi connectivity index (χ3n) is 1.88. The van der Waals surface area contributed by atoms with Crippen molar-refractivity contribution in [2.75, 3.05) is 6.54 Å². The molecule has 4 heteroatoms. The molecule has 0 radical (unpaired) electrons. The van der Waals surface area contributed by atoms with Crippen LogP contribution in [0.15, 0.2) is 29.4 Å². The summed E-state index contributed by atoms with van der Waals surface area (Å²) >= 11 is 0. The minimum absolute atomic E-state index is 0.0431. The van der Waals surface area contributed by atoms with Crippen molar-refractivity contribution in [1.82, 2.24) is 10.3 Å². The molecule has 0 saturated heterocycles. The smallest absolute Gasteiger partial charge is 0.188 e. The molecule has 1 heterocycles. The van der Waals surface area contributed by atoms with E-state index in [2.05, 4.69) is 15.3 Å². The molecule has 88 valence electrons. The van der Waals surface area contributed by atoms with E-state index in [1.54, 1.807) is 6.20 Å². The Morgan fingerprint density at radius 3 is 2.75 bits per heavy atom. The molecule has 0 atom stereocenters. The maximum atomic E-state index is 5.74. The molecule has 0 saturated carbocycles. The molecule has 4 nitrogen and oxygen atoms in total. The normalized spacial score (nSPS) is 12.6. The summed E-state index contributed by atoms with van der Waals surface area (Å²) in [5.41, 5.74) is 6.74. The van der Waals surface area contributed by atoms with Gasteiger partial charge in [-0.1, -0.05) is 6.07 Å². The first kappa shape index (κ1) is 12.5. The molecule has 0 aromatic carbocycles. The van der Waals surface area contributed by atoms with Crippen LogP contribution in [0.2, 0.25) is 0 Å². The number of pyridine rings is 1. The Morgan fingerprint density at radius 1 is 1.44 bits per heavy atom. The number of nitrogens with zero attached hydrogens (tertiary/aromatic N) is 2. The third-order valence-corrected chi connectivity index (χ3v) is 1.88. The number of aliphatic imine (C=N–C) groups is 1. The highest BCUT2D eigenvalue weighted by Crippen LogP contribution is 1.98. The average Bonchev–Trinajstić information content (AvgIpc) is 2.16. The lowest BCUT2D eigenvalue weighted by molar-refractivity contribution is 0.508. The fraction of sp³-hybridized carbons (Fsp3) is 0.500. The number of guanidine groups is 1. The highest BCUT2D eigenvalue weighted by atomic mass is 15.1. The van der Waals surface area contributed by atoms with Crippen LogP contribution >= 0.6 is 0 Å². The van der Waals surface area contributed by atoms with E-state index in [9.17, 15) is 0 Å². The van der Waals surface area contributed by atoms with Crippen LogP contribution < -0.4 is 11.1 Å². The zero-order valence-corrected chi connectivity index (χ0v) is 10.2. The fourth-order valence-corrected chi connectivity index (χ4v) is 1.26. The van der Waals surface area contributed by atoms with Crippen LogP contribution in [0.4, 0.5) is 0 Å². The number of hydrogen-bond donors (Lipinski definition) is 2. The molecule has 0 amide bonds. The second kappa shape index (κ2) is 5.49.